The van der Waals surface area contributed by atoms with Crippen LogP contribution in [0.3, 0.4) is 0 Å². The first-order valence-corrected chi connectivity index (χ1v) is 5.33. The second-order valence-electron chi connectivity index (χ2n) is 3.96. The summed E-state index contributed by atoms with van der Waals surface area (Å²) in [5, 5.41) is 3.93. The number of aromatic nitrogens is 2. The second kappa shape index (κ2) is 4.42. The van der Waals surface area contributed by atoms with Crippen molar-refractivity contribution in [1.29, 1.82) is 0 Å². The highest BCUT2D eigenvalue weighted by atomic mass is 19.4. The predicted octanol–water partition coefficient (Wildman–Crippen LogP) is 2.30. The van der Waals surface area contributed by atoms with E-state index in [1.54, 1.807) is 6.92 Å². The van der Waals surface area contributed by atoms with Crippen molar-refractivity contribution in [3.05, 3.63) is 47.3 Å². The Hall–Kier alpha value is -2.31. The number of alkyl halides is 3. The Morgan fingerprint density at radius 2 is 1.84 bits per heavy atom. The summed E-state index contributed by atoms with van der Waals surface area (Å²) in [5.74, 6) is -0.629. The average Bonchev–Trinajstić information content (AvgIpc) is 2.70. The van der Waals surface area contributed by atoms with E-state index in [1.165, 1.54) is 23.0 Å². The van der Waals surface area contributed by atoms with Crippen molar-refractivity contribution >= 4 is 5.91 Å². The first kappa shape index (κ1) is 13.1. The summed E-state index contributed by atoms with van der Waals surface area (Å²) in [7, 11) is 0. The number of benzene rings is 1. The molecular weight excluding hydrogens is 259 g/mol. The summed E-state index contributed by atoms with van der Waals surface area (Å²) in [6, 6.07) is 4.49. The lowest BCUT2D eigenvalue weighted by atomic mass is 10.2. The van der Waals surface area contributed by atoms with Crippen LogP contribution in [0.25, 0.3) is 5.69 Å². The van der Waals surface area contributed by atoms with Gasteiger partial charge in [0.25, 0.3) is 5.91 Å². The van der Waals surface area contributed by atoms with E-state index in [9.17, 15) is 18.0 Å². The van der Waals surface area contributed by atoms with Crippen molar-refractivity contribution in [2.45, 2.75) is 13.1 Å². The fraction of sp³-hybridized carbons (Fsp3) is 0.167. The molecule has 0 radical (unpaired) electrons. The lowest BCUT2D eigenvalue weighted by Gasteiger charge is -2.08. The van der Waals surface area contributed by atoms with Gasteiger partial charge in [-0.3, -0.25) is 4.79 Å². The van der Waals surface area contributed by atoms with Crippen LogP contribution in [-0.4, -0.2) is 15.7 Å². The molecule has 7 heteroatoms. The molecule has 0 atom stereocenters. The Bertz CT molecular complexity index is 614. The van der Waals surface area contributed by atoms with Crippen LogP contribution in [0.2, 0.25) is 0 Å². The summed E-state index contributed by atoms with van der Waals surface area (Å²) < 4.78 is 38.6. The quantitative estimate of drug-likeness (QED) is 0.909. The summed E-state index contributed by atoms with van der Waals surface area (Å²) >= 11 is 0. The Kier molecular flexibility index (Phi) is 3.05. The Morgan fingerprint density at radius 3 is 2.26 bits per heavy atom. The van der Waals surface area contributed by atoms with Crippen molar-refractivity contribution in [2.75, 3.05) is 0 Å². The lowest BCUT2D eigenvalue weighted by molar-refractivity contribution is -0.137. The van der Waals surface area contributed by atoms with Gasteiger partial charge in [0.2, 0.25) is 0 Å². The molecular formula is C12H10F3N3O. The molecule has 19 heavy (non-hydrogen) atoms. The van der Waals surface area contributed by atoms with E-state index in [1.807, 2.05) is 0 Å². The van der Waals surface area contributed by atoms with Crippen molar-refractivity contribution in [3.63, 3.8) is 0 Å². The number of amides is 1. The molecule has 2 N–H and O–H groups in total. The minimum Gasteiger partial charge on any atom is -0.365 e. The van der Waals surface area contributed by atoms with Gasteiger partial charge in [-0.25, -0.2) is 4.68 Å². The molecule has 0 unspecified atom stereocenters. The monoisotopic (exact) mass is 269 g/mol. The summed E-state index contributed by atoms with van der Waals surface area (Å²) in [6.07, 6.45) is -3.09. The van der Waals surface area contributed by atoms with E-state index >= 15 is 0 Å². The van der Waals surface area contributed by atoms with Gasteiger partial charge in [0.15, 0.2) is 0 Å². The van der Waals surface area contributed by atoms with E-state index in [-0.39, 0.29) is 5.56 Å². The van der Waals surface area contributed by atoms with Gasteiger partial charge >= 0.3 is 6.18 Å². The van der Waals surface area contributed by atoms with Crippen LogP contribution >= 0.6 is 0 Å². The molecule has 0 spiro atoms. The molecule has 0 saturated heterocycles. The highest BCUT2D eigenvalue weighted by Gasteiger charge is 2.30. The minimum atomic E-state index is -4.38. The normalized spacial score (nSPS) is 11.6. The number of hydrogen-bond donors (Lipinski definition) is 1. The fourth-order valence-electron chi connectivity index (χ4n) is 1.70. The SMILES string of the molecule is Cc1c(C(N)=O)cnn1-c1ccc(C(F)(F)F)cc1. The zero-order chi connectivity index (χ0) is 14.2. The molecule has 1 aromatic heterocycles. The van der Waals surface area contributed by atoms with E-state index in [0.29, 0.717) is 11.4 Å². The topological polar surface area (TPSA) is 60.9 Å². The van der Waals surface area contributed by atoms with Gasteiger partial charge in [-0.15, -0.1) is 0 Å². The first-order valence-electron chi connectivity index (χ1n) is 5.33. The van der Waals surface area contributed by atoms with Crippen LogP contribution in [0.5, 0.6) is 0 Å². The molecule has 1 amide bonds. The maximum absolute atomic E-state index is 12.4. The maximum atomic E-state index is 12.4. The summed E-state index contributed by atoms with van der Waals surface area (Å²) in [4.78, 5) is 11.1. The van der Waals surface area contributed by atoms with Gasteiger partial charge < -0.3 is 5.73 Å². The molecule has 0 aliphatic carbocycles. The van der Waals surface area contributed by atoms with Gasteiger partial charge in [0, 0.05) is 0 Å². The van der Waals surface area contributed by atoms with Crippen LogP contribution in [0, 0.1) is 6.92 Å². The molecule has 0 aliphatic rings. The van der Waals surface area contributed by atoms with Crippen molar-refractivity contribution in [3.8, 4) is 5.69 Å². The van der Waals surface area contributed by atoms with E-state index in [2.05, 4.69) is 5.10 Å². The molecule has 2 rings (SSSR count). The number of primary amides is 1. The number of nitrogens with zero attached hydrogens (tertiary/aromatic N) is 2. The number of carbonyl (C=O) groups excluding carboxylic acids is 1. The largest absolute Gasteiger partial charge is 0.416 e. The molecule has 0 bridgehead atoms. The molecule has 4 nitrogen and oxygen atoms in total. The third-order valence-electron chi connectivity index (χ3n) is 2.71. The van der Waals surface area contributed by atoms with Crippen LogP contribution in [0.4, 0.5) is 13.2 Å². The zero-order valence-corrected chi connectivity index (χ0v) is 9.90. The van der Waals surface area contributed by atoms with Gasteiger partial charge in [0.1, 0.15) is 0 Å². The highest BCUT2D eigenvalue weighted by Crippen LogP contribution is 2.29. The van der Waals surface area contributed by atoms with Gasteiger partial charge in [-0.1, -0.05) is 0 Å². The summed E-state index contributed by atoms with van der Waals surface area (Å²) in [6.45, 7) is 1.62. The van der Waals surface area contributed by atoms with Gasteiger partial charge in [-0.2, -0.15) is 18.3 Å². The van der Waals surface area contributed by atoms with Gasteiger partial charge in [-0.05, 0) is 31.2 Å². The number of halogens is 3. The lowest BCUT2D eigenvalue weighted by Crippen LogP contribution is -2.12. The van der Waals surface area contributed by atoms with E-state index in [0.717, 1.165) is 12.1 Å². The van der Waals surface area contributed by atoms with E-state index in [4.69, 9.17) is 5.73 Å². The maximum Gasteiger partial charge on any atom is 0.416 e. The van der Waals surface area contributed by atoms with Crippen LogP contribution in [0.1, 0.15) is 21.6 Å². The Balaban J connectivity index is 2.41. The van der Waals surface area contributed by atoms with Crippen molar-refractivity contribution in [2.24, 2.45) is 5.73 Å². The number of nitrogens with two attached hydrogens (primary N) is 1. The van der Waals surface area contributed by atoms with E-state index < -0.39 is 17.6 Å². The molecule has 0 fully saturated rings. The van der Waals surface area contributed by atoms with Crippen LogP contribution in [-0.2, 0) is 6.18 Å². The molecule has 100 valence electrons. The highest BCUT2D eigenvalue weighted by molar-refractivity contribution is 5.93. The number of rotatable bonds is 2. The smallest absolute Gasteiger partial charge is 0.365 e. The Morgan fingerprint density at radius 1 is 1.26 bits per heavy atom. The summed E-state index contributed by atoms with van der Waals surface area (Å²) in [5.41, 5.74) is 5.55. The molecule has 0 saturated carbocycles. The molecule has 2 aromatic rings. The third-order valence-corrected chi connectivity index (χ3v) is 2.71. The molecule has 1 heterocycles. The zero-order valence-electron chi connectivity index (χ0n) is 9.90. The standard InChI is InChI=1S/C12H10F3N3O/c1-7-10(11(16)19)6-17-18(7)9-4-2-8(3-5-9)12(13,14)15/h2-6H,1H3,(H2,16,19). The third kappa shape index (κ3) is 2.44. The number of carbonyl (C=O) groups is 1. The predicted molar refractivity (Wildman–Crippen MR) is 61.8 cm³/mol. The number of hydrogen-bond acceptors (Lipinski definition) is 2. The minimum absolute atomic E-state index is 0.236. The average molecular weight is 269 g/mol. The fourth-order valence-corrected chi connectivity index (χ4v) is 1.70. The first-order chi connectivity index (χ1) is 8.80. The second-order valence-corrected chi connectivity index (χ2v) is 3.96. The molecule has 0 aliphatic heterocycles. The van der Waals surface area contributed by atoms with Crippen LogP contribution < -0.4 is 5.73 Å². The molecule has 1 aromatic carbocycles. The van der Waals surface area contributed by atoms with Gasteiger partial charge in [0.05, 0.1) is 28.7 Å². The van der Waals surface area contributed by atoms with Crippen molar-refractivity contribution < 1.29 is 18.0 Å². The Labute approximate surface area is 106 Å². The van der Waals surface area contributed by atoms with Crippen molar-refractivity contribution in [1.82, 2.24) is 9.78 Å². The van der Waals surface area contributed by atoms with Crippen LogP contribution in [0.15, 0.2) is 30.5 Å².